The lowest BCUT2D eigenvalue weighted by molar-refractivity contribution is 0.0949. The van der Waals surface area contributed by atoms with Gasteiger partial charge in [-0.25, -0.2) is 4.39 Å². The largest absolute Gasteiger partial charge is 0.355 e. The molecule has 0 atom stereocenters. The zero-order valence-corrected chi connectivity index (χ0v) is 15.2. The number of anilines is 2. The number of hydrogen-bond donors (Lipinski definition) is 2. The highest BCUT2D eigenvalue weighted by Crippen LogP contribution is 2.21. The molecule has 0 fully saturated rings. The van der Waals surface area contributed by atoms with Gasteiger partial charge in [0.1, 0.15) is 11.5 Å². The third-order valence-corrected chi connectivity index (χ3v) is 4.31. The summed E-state index contributed by atoms with van der Waals surface area (Å²) >= 11 is 0. The van der Waals surface area contributed by atoms with Gasteiger partial charge in [0.25, 0.3) is 5.91 Å². The van der Waals surface area contributed by atoms with E-state index in [1.165, 1.54) is 11.6 Å². The molecule has 0 saturated heterocycles. The number of para-hydroxylation sites is 1. The molecular formula is C22H22FN3O. The number of carbonyl (C=O) groups is 1. The van der Waals surface area contributed by atoms with E-state index in [1.54, 1.807) is 30.5 Å². The average molecular weight is 363 g/mol. The van der Waals surface area contributed by atoms with E-state index in [1.807, 2.05) is 24.3 Å². The molecular weight excluding hydrogens is 341 g/mol. The van der Waals surface area contributed by atoms with Crippen LogP contribution in [0, 0.1) is 5.82 Å². The molecule has 138 valence electrons. The van der Waals surface area contributed by atoms with Crippen LogP contribution in [0.4, 0.5) is 15.8 Å². The van der Waals surface area contributed by atoms with Crippen LogP contribution in [0.1, 0.15) is 28.5 Å². The summed E-state index contributed by atoms with van der Waals surface area (Å²) in [5.74, 6) is -0.538. The van der Waals surface area contributed by atoms with Crippen LogP contribution >= 0.6 is 0 Å². The van der Waals surface area contributed by atoms with Crippen LogP contribution in [-0.4, -0.2) is 17.4 Å². The van der Waals surface area contributed by atoms with Crippen molar-refractivity contribution in [2.24, 2.45) is 0 Å². The SMILES string of the molecule is CCc1ccccc1Nc1ccnc(C(=O)NCCc2ccccc2F)c1. The first-order chi connectivity index (χ1) is 13.2. The average Bonchev–Trinajstić information content (AvgIpc) is 2.70. The number of carbonyl (C=O) groups excluding carboxylic acids is 1. The molecule has 0 unspecified atom stereocenters. The van der Waals surface area contributed by atoms with E-state index in [9.17, 15) is 9.18 Å². The molecule has 5 heteroatoms. The van der Waals surface area contributed by atoms with Crippen molar-refractivity contribution in [3.05, 3.63) is 89.5 Å². The molecule has 0 aliphatic carbocycles. The summed E-state index contributed by atoms with van der Waals surface area (Å²) in [4.78, 5) is 16.5. The van der Waals surface area contributed by atoms with Gasteiger partial charge in [-0.15, -0.1) is 0 Å². The molecule has 2 aromatic carbocycles. The predicted octanol–water partition coefficient (Wildman–Crippen LogP) is 4.50. The molecule has 4 nitrogen and oxygen atoms in total. The summed E-state index contributed by atoms with van der Waals surface area (Å²) in [5.41, 5.74) is 3.91. The minimum absolute atomic E-state index is 0.259. The Hall–Kier alpha value is -3.21. The highest BCUT2D eigenvalue weighted by Gasteiger charge is 2.09. The Morgan fingerprint density at radius 2 is 1.78 bits per heavy atom. The Kier molecular flexibility index (Phi) is 6.15. The Labute approximate surface area is 158 Å². The topological polar surface area (TPSA) is 54.0 Å². The molecule has 1 amide bonds. The fourth-order valence-corrected chi connectivity index (χ4v) is 2.84. The molecule has 0 bridgehead atoms. The van der Waals surface area contributed by atoms with Crippen LogP contribution < -0.4 is 10.6 Å². The minimum Gasteiger partial charge on any atom is -0.355 e. The van der Waals surface area contributed by atoms with Gasteiger partial charge in [-0.3, -0.25) is 9.78 Å². The van der Waals surface area contributed by atoms with E-state index in [0.29, 0.717) is 24.2 Å². The standard InChI is InChI=1S/C22H22FN3O/c1-2-16-7-4-6-10-20(16)26-18-12-14-24-21(15-18)22(27)25-13-11-17-8-3-5-9-19(17)23/h3-10,12,14-15H,2,11,13H2,1H3,(H,24,26)(H,25,27). The summed E-state index contributed by atoms with van der Waals surface area (Å²) < 4.78 is 13.6. The van der Waals surface area contributed by atoms with E-state index >= 15 is 0 Å². The van der Waals surface area contributed by atoms with E-state index in [4.69, 9.17) is 0 Å². The number of rotatable bonds is 7. The summed E-state index contributed by atoms with van der Waals surface area (Å²) in [6.45, 7) is 2.44. The lowest BCUT2D eigenvalue weighted by Gasteiger charge is -2.12. The van der Waals surface area contributed by atoms with Crippen molar-refractivity contribution < 1.29 is 9.18 Å². The highest BCUT2D eigenvalue weighted by atomic mass is 19.1. The van der Waals surface area contributed by atoms with E-state index < -0.39 is 0 Å². The lowest BCUT2D eigenvalue weighted by atomic mass is 10.1. The Morgan fingerprint density at radius 3 is 2.56 bits per heavy atom. The second kappa shape index (κ2) is 8.94. The van der Waals surface area contributed by atoms with Crippen molar-refractivity contribution in [1.82, 2.24) is 10.3 Å². The van der Waals surface area contributed by atoms with Crippen LogP contribution in [0.5, 0.6) is 0 Å². The molecule has 0 saturated carbocycles. The van der Waals surface area contributed by atoms with Gasteiger partial charge in [0, 0.05) is 24.1 Å². The van der Waals surface area contributed by atoms with Crippen LogP contribution in [0.2, 0.25) is 0 Å². The van der Waals surface area contributed by atoms with Gasteiger partial charge in [-0.1, -0.05) is 43.3 Å². The molecule has 0 aliphatic heterocycles. The van der Waals surface area contributed by atoms with Crippen molar-refractivity contribution in [1.29, 1.82) is 0 Å². The van der Waals surface area contributed by atoms with E-state index in [2.05, 4.69) is 28.6 Å². The first kappa shape index (κ1) is 18.6. The summed E-state index contributed by atoms with van der Waals surface area (Å²) in [6, 6.07) is 18.2. The number of aryl methyl sites for hydroxylation is 1. The van der Waals surface area contributed by atoms with Gasteiger partial charge in [-0.2, -0.15) is 0 Å². The first-order valence-corrected chi connectivity index (χ1v) is 9.00. The third-order valence-electron chi connectivity index (χ3n) is 4.31. The quantitative estimate of drug-likeness (QED) is 0.650. The van der Waals surface area contributed by atoms with Gasteiger partial charge in [0.05, 0.1) is 0 Å². The maximum absolute atomic E-state index is 13.6. The Morgan fingerprint density at radius 1 is 1.04 bits per heavy atom. The molecule has 2 N–H and O–H groups in total. The highest BCUT2D eigenvalue weighted by molar-refractivity contribution is 5.93. The summed E-state index contributed by atoms with van der Waals surface area (Å²) in [5, 5.41) is 6.13. The molecule has 0 aliphatic rings. The van der Waals surface area contributed by atoms with E-state index in [0.717, 1.165) is 17.8 Å². The summed E-state index contributed by atoms with van der Waals surface area (Å²) in [7, 11) is 0. The number of hydrogen-bond acceptors (Lipinski definition) is 3. The third kappa shape index (κ3) is 4.91. The number of halogens is 1. The first-order valence-electron chi connectivity index (χ1n) is 9.00. The number of benzene rings is 2. The molecule has 3 aromatic rings. The van der Waals surface area contributed by atoms with Crippen LogP contribution in [0.3, 0.4) is 0 Å². The number of nitrogens with zero attached hydrogens (tertiary/aromatic N) is 1. The van der Waals surface area contributed by atoms with Crippen molar-refractivity contribution in [3.8, 4) is 0 Å². The van der Waals surface area contributed by atoms with Crippen LogP contribution in [0.15, 0.2) is 66.9 Å². The van der Waals surface area contributed by atoms with E-state index in [-0.39, 0.29) is 11.7 Å². The maximum Gasteiger partial charge on any atom is 0.269 e. The molecule has 3 rings (SSSR count). The van der Waals surface area contributed by atoms with Gasteiger partial charge < -0.3 is 10.6 Å². The van der Waals surface area contributed by atoms with Crippen LogP contribution in [-0.2, 0) is 12.8 Å². The second-order valence-electron chi connectivity index (χ2n) is 6.16. The fourth-order valence-electron chi connectivity index (χ4n) is 2.84. The Balaban J connectivity index is 1.62. The minimum atomic E-state index is -0.279. The van der Waals surface area contributed by atoms with Gasteiger partial charge >= 0.3 is 0 Å². The smallest absolute Gasteiger partial charge is 0.269 e. The zero-order chi connectivity index (χ0) is 19.1. The lowest BCUT2D eigenvalue weighted by Crippen LogP contribution is -2.26. The van der Waals surface area contributed by atoms with Crippen LogP contribution in [0.25, 0.3) is 0 Å². The molecule has 0 spiro atoms. The van der Waals surface area contributed by atoms with Crippen molar-refractivity contribution in [3.63, 3.8) is 0 Å². The second-order valence-corrected chi connectivity index (χ2v) is 6.16. The maximum atomic E-state index is 13.6. The predicted molar refractivity (Wildman–Crippen MR) is 106 cm³/mol. The molecule has 1 aromatic heterocycles. The molecule has 27 heavy (non-hydrogen) atoms. The Bertz CT molecular complexity index is 927. The number of pyridine rings is 1. The summed E-state index contributed by atoms with van der Waals surface area (Å²) in [6.07, 6.45) is 2.94. The fraction of sp³-hybridized carbons (Fsp3) is 0.182. The number of aromatic nitrogens is 1. The monoisotopic (exact) mass is 363 g/mol. The van der Waals surface area contributed by atoms with Gasteiger partial charge in [0.15, 0.2) is 0 Å². The van der Waals surface area contributed by atoms with Crippen molar-refractivity contribution in [2.75, 3.05) is 11.9 Å². The molecule has 1 heterocycles. The number of amides is 1. The zero-order valence-electron chi connectivity index (χ0n) is 15.2. The normalized spacial score (nSPS) is 10.4. The van der Waals surface area contributed by atoms with Crippen molar-refractivity contribution in [2.45, 2.75) is 19.8 Å². The van der Waals surface area contributed by atoms with Gasteiger partial charge in [-0.05, 0) is 48.2 Å². The van der Waals surface area contributed by atoms with Crippen molar-refractivity contribution >= 4 is 17.3 Å². The molecule has 0 radical (unpaired) electrons. The number of nitrogens with one attached hydrogen (secondary N) is 2. The van der Waals surface area contributed by atoms with Gasteiger partial charge in [0.2, 0.25) is 0 Å².